The third-order valence-electron chi connectivity index (χ3n) is 5.05. The van der Waals surface area contributed by atoms with Crippen LogP contribution >= 0.6 is 0 Å². The zero-order valence-electron chi connectivity index (χ0n) is 16.9. The van der Waals surface area contributed by atoms with Gasteiger partial charge in [-0.25, -0.2) is 9.48 Å². The normalized spacial score (nSPS) is 16.7. The van der Waals surface area contributed by atoms with E-state index in [-0.39, 0.29) is 6.09 Å². The standard InChI is InChI=1S/C22H31N3O2/c1-17-9-5-6-12-19(17)25-20(13-14-23-25)18-10-7-15-24(16-8-11-18)21(26)27-22(2,3)4/h5-6,9,12-14,18H,7-8,10-11,15-16H2,1-4H3. The number of hydrogen-bond acceptors (Lipinski definition) is 3. The van der Waals surface area contributed by atoms with Crippen LogP contribution in [0.1, 0.15) is 63.6 Å². The molecule has 1 aliphatic heterocycles. The number of ether oxygens (including phenoxy) is 1. The Morgan fingerprint density at radius 1 is 1.11 bits per heavy atom. The quantitative estimate of drug-likeness (QED) is 0.742. The summed E-state index contributed by atoms with van der Waals surface area (Å²) in [5.41, 5.74) is 3.21. The third-order valence-corrected chi connectivity index (χ3v) is 5.05. The molecule has 0 aliphatic carbocycles. The van der Waals surface area contributed by atoms with Crippen LogP contribution in [0.2, 0.25) is 0 Å². The number of aryl methyl sites for hydroxylation is 1. The van der Waals surface area contributed by atoms with Gasteiger partial charge in [0.05, 0.1) is 5.69 Å². The van der Waals surface area contributed by atoms with E-state index in [1.54, 1.807) is 0 Å². The van der Waals surface area contributed by atoms with Crippen LogP contribution in [0.25, 0.3) is 5.69 Å². The van der Waals surface area contributed by atoms with E-state index < -0.39 is 5.60 Å². The number of benzene rings is 1. The number of carbonyl (C=O) groups is 1. The Labute approximate surface area is 162 Å². The molecule has 5 heteroatoms. The lowest BCUT2D eigenvalue weighted by molar-refractivity contribution is 0.0233. The van der Waals surface area contributed by atoms with Crippen LogP contribution in [-0.2, 0) is 4.74 Å². The molecule has 146 valence electrons. The number of rotatable bonds is 2. The van der Waals surface area contributed by atoms with Crippen molar-refractivity contribution in [1.82, 2.24) is 14.7 Å². The summed E-state index contributed by atoms with van der Waals surface area (Å²) in [5, 5.41) is 4.59. The highest BCUT2D eigenvalue weighted by atomic mass is 16.6. The lowest BCUT2D eigenvalue weighted by Crippen LogP contribution is -2.39. The number of amides is 1. The zero-order chi connectivity index (χ0) is 19.4. The Bertz CT molecular complexity index is 766. The van der Waals surface area contributed by atoms with Crippen molar-refractivity contribution >= 4 is 6.09 Å². The van der Waals surface area contributed by atoms with Crippen LogP contribution in [0, 0.1) is 6.92 Å². The molecule has 1 aromatic heterocycles. The number of para-hydroxylation sites is 1. The molecular formula is C22H31N3O2. The topological polar surface area (TPSA) is 47.4 Å². The highest BCUT2D eigenvalue weighted by Gasteiger charge is 2.25. The fourth-order valence-corrected chi connectivity index (χ4v) is 3.74. The second kappa shape index (κ2) is 8.15. The smallest absolute Gasteiger partial charge is 0.410 e. The Balaban J connectivity index is 1.68. The minimum Gasteiger partial charge on any atom is -0.444 e. The maximum absolute atomic E-state index is 12.4. The van der Waals surface area contributed by atoms with Crippen molar-refractivity contribution in [2.24, 2.45) is 0 Å². The summed E-state index contributed by atoms with van der Waals surface area (Å²) >= 11 is 0. The van der Waals surface area contributed by atoms with Crippen LogP contribution < -0.4 is 0 Å². The number of hydrogen-bond donors (Lipinski definition) is 0. The van der Waals surface area contributed by atoms with Gasteiger partial charge in [0.25, 0.3) is 0 Å². The lowest BCUT2D eigenvalue weighted by Gasteiger charge is -2.30. The molecule has 0 N–H and O–H groups in total. The molecule has 5 nitrogen and oxygen atoms in total. The summed E-state index contributed by atoms with van der Waals surface area (Å²) < 4.78 is 7.63. The molecule has 1 amide bonds. The van der Waals surface area contributed by atoms with Gasteiger partial charge in [-0.05, 0) is 71.1 Å². The van der Waals surface area contributed by atoms with Crippen molar-refractivity contribution in [3.8, 4) is 5.69 Å². The van der Waals surface area contributed by atoms with Crippen molar-refractivity contribution in [3.63, 3.8) is 0 Å². The van der Waals surface area contributed by atoms with Gasteiger partial charge >= 0.3 is 6.09 Å². The molecule has 0 radical (unpaired) electrons. The van der Waals surface area contributed by atoms with Crippen LogP contribution in [0.3, 0.4) is 0 Å². The van der Waals surface area contributed by atoms with E-state index in [0.29, 0.717) is 5.92 Å². The predicted molar refractivity (Wildman–Crippen MR) is 107 cm³/mol. The third kappa shape index (κ3) is 4.90. The minimum atomic E-state index is -0.442. The van der Waals surface area contributed by atoms with Crippen molar-refractivity contribution < 1.29 is 9.53 Å². The summed E-state index contributed by atoms with van der Waals surface area (Å²) in [5.74, 6) is 0.466. The van der Waals surface area contributed by atoms with Gasteiger partial charge < -0.3 is 9.64 Å². The first-order chi connectivity index (χ1) is 12.8. The molecule has 2 aromatic rings. The molecule has 27 heavy (non-hydrogen) atoms. The van der Waals surface area contributed by atoms with Gasteiger partial charge in [-0.15, -0.1) is 0 Å². The van der Waals surface area contributed by atoms with Gasteiger partial charge in [0.1, 0.15) is 5.60 Å². The summed E-state index contributed by atoms with van der Waals surface area (Å²) in [4.78, 5) is 14.2. The molecule has 1 aliphatic rings. The van der Waals surface area contributed by atoms with Gasteiger partial charge in [-0.2, -0.15) is 5.10 Å². The van der Waals surface area contributed by atoms with Crippen LogP contribution in [0.15, 0.2) is 36.5 Å². The molecule has 0 atom stereocenters. The summed E-state index contributed by atoms with van der Waals surface area (Å²) in [7, 11) is 0. The first-order valence-corrected chi connectivity index (χ1v) is 9.93. The Morgan fingerprint density at radius 2 is 1.78 bits per heavy atom. The van der Waals surface area contributed by atoms with E-state index in [9.17, 15) is 4.79 Å². The average Bonchev–Trinajstić information content (AvgIpc) is 3.02. The number of aromatic nitrogens is 2. The zero-order valence-corrected chi connectivity index (χ0v) is 16.9. The number of carbonyl (C=O) groups excluding carboxylic acids is 1. The van der Waals surface area contributed by atoms with Gasteiger partial charge in [0.15, 0.2) is 0 Å². The summed E-state index contributed by atoms with van der Waals surface area (Å²) in [6.45, 7) is 9.37. The van der Waals surface area contributed by atoms with Crippen molar-refractivity contribution in [2.75, 3.05) is 13.1 Å². The molecule has 0 saturated carbocycles. The first kappa shape index (κ1) is 19.5. The highest BCUT2D eigenvalue weighted by Crippen LogP contribution is 2.30. The van der Waals surface area contributed by atoms with Crippen molar-refractivity contribution in [2.45, 2.75) is 64.9 Å². The van der Waals surface area contributed by atoms with E-state index >= 15 is 0 Å². The second-order valence-electron chi connectivity index (χ2n) is 8.40. The average molecular weight is 370 g/mol. The fourth-order valence-electron chi connectivity index (χ4n) is 3.74. The maximum Gasteiger partial charge on any atom is 0.410 e. The van der Waals surface area contributed by atoms with E-state index in [1.807, 2.05) is 31.9 Å². The molecular weight excluding hydrogens is 338 g/mol. The lowest BCUT2D eigenvalue weighted by atomic mass is 9.92. The van der Waals surface area contributed by atoms with E-state index in [0.717, 1.165) is 44.5 Å². The maximum atomic E-state index is 12.4. The largest absolute Gasteiger partial charge is 0.444 e. The molecule has 1 saturated heterocycles. The molecule has 2 heterocycles. The monoisotopic (exact) mass is 369 g/mol. The second-order valence-corrected chi connectivity index (χ2v) is 8.40. The van der Waals surface area contributed by atoms with E-state index in [2.05, 4.69) is 47.0 Å². The predicted octanol–water partition coefficient (Wildman–Crippen LogP) is 5.08. The van der Waals surface area contributed by atoms with Gasteiger partial charge in [0.2, 0.25) is 0 Å². The molecule has 0 spiro atoms. The number of likely N-dealkylation sites (tertiary alicyclic amines) is 1. The van der Waals surface area contributed by atoms with E-state index in [4.69, 9.17) is 4.74 Å². The van der Waals surface area contributed by atoms with Gasteiger partial charge in [-0.3, -0.25) is 0 Å². The van der Waals surface area contributed by atoms with E-state index in [1.165, 1.54) is 11.3 Å². The Morgan fingerprint density at radius 3 is 2.41 bits per heavy atom. The molecule has 0 bridgehead atoms. The van der Waals surface area contributed by atoms with Crippen LogP contribution in [0.5, 0.6) is 0 Å². The van der Waals surface area contributed by atoms with Crippen molar-refractivity contribution in [1.29, 1.82) is 0 Å². The number of nitrogens with zero attached hydrogens (tertiary/aromatic N) is 3. The highest BCUT2D eigenvalue weighted by molar-refractivity contribution is 5.68. The SMILES string of the molecule is Cc1ccccc1-n1nccc1C1CCCN(C(=O)OC(C)(C)C)CCC1. The van der Waals surface area contributed by atoms with Crippen LogP contribution in [0.4, 0.5) is 4.79 Å². The molecule has 0 unspecified atom stereocenters. The minimum absolute atomic E-state index is 0.189. The summed E-state index contributed by atoms with van der Waals surface area (Å²) in [6.07, 6.45) is 5.76. The molecule has 1 fully saturated rings. The molecule has 3 rings (SSSR count). The fraction of sp³-hybridized carbons (Fsp3) is 0.545. The van der Waals surface area contributed by atoms with Gasteiger partial charge in [-0.1, -0.05) is 18.2 Å². The van der Waals surface area contributed by atoms with Gasteiger partial charge in [0, 0.05) is 30.9 Å². The van der Waals surface area contributed by atoms with Crippen LogP contribution in [-0.4, -0.2) is 39.5 Å². The summed E-state index contributed by atoms with van der Waals surface area (Å²) in [6, 6.07) is 10.5. The van der Waals surface area contributed by atoms with Crippen molar-refractivity contribution in [3.05, 3.63) is 47.8 Å². The first-order valence-electron chi connectivity index (χ1n) is 9.93. The Kier molecular flexibility index (Phi) is 5.88. The molecule has 1 aromatic carbocycles. The Hall–Kier alpha value is -2.30.